The molecule has 4 rings (SSSR count). The lowest BCUT2D eigenvalue weighted by molar-refractivity contribution is -0.124. The Morgan fingerprint density at radius 2 is 1.57 bits per heavy atom. The van der Waals surface area contributed by atoms with Crippen molar-refractivity contribution < 1.29 is 14.2 Å². The molecule has 0 bridgehead atoms. The van der Waals surface area contributed by atoms with Gasteiger partial charge in [0.05, 0.1) is 19.8 Å². The van der Waals surface area contributed by atoms with E-state index >= 15 is 0 Å². The molecule has 1 saturated heterocycles. The molecular weight excluding hydrogens is 520 g/mol. The van der Waals surface area contributed by atoms with Crippen molar-refractivity contribution >= 4 is 8.07 Å². The maximum atomic E-state index is 12.9. The Hall–Kier alpha value is -3.22. The third-order valence-corrected chi connectivity index (χ3v) is 12.7. The van der Waals surface area contributed by atoms with Gasteiger partial charge < -0.3 is 14.2 Å². The fraction of sp³-hybridized carbons (Fsp3) is 0.438. The van der Waals surface area contributed by atoms with E-state index in [4.69, 9.17) is 14.2 Å². The summed E-state index contributed by atoms with van der Waals surface area (Å²) in [5.74, 6) is 3.56. The standard InChI is InChI=1S/C32H40N2O5Si/c1-5-40(6-2,7-3)19-18-32(24-37-22-26-14-10-8-11-15-26)28(38-23-27-16-12-9-13-17-27)20-29(39-32)34-21-25(4)30(35)33-31(34)36/h8-17,21,28-29H,5-7,20,22-24H2,1-4H3,(H,33,35,36)/t28-,29+,32+/m0/s1. The van der Waals surface area contributed by atoms with E-state index in [2.05, 4.69) is 37.2 Å². The zero-order chi connectivity index (χ0) is 28.6. The minimum Gasteiger partial charge on any atom is -0.373 e. The molecule has 2 aromatic carbocycles. The van der Waals surface area contributed by atoms with Crippen molar-refractivity contribution in [1.29, 1.82) is 0 Å². The first kappa shape index (κ1) is 29.8. The summed E-state index contributed by atoms with van der Waals surface area (Å²) in [5, 5.41) is 0. The highest BCUT2D eigenvalue weighted by atomic mass is 28.3. The number of hydrogen-bond donors (Lipinski definition) is 1. The first-order chi connectivity index (χ1) is 19.3. The summed E-state index contributed by atoms with van der Waals surface area (Å²) < 4.78 is 21.0. The number of hydrogen-bond acceptors (Lipinski definition) is 5. The summed E-state index contributed by atoms with van der Waals surface area (Å²) in [7, 11) is -1.85. The van der Waals surface area contributed by atoms with Crippen LogP contribution in [0.15, 0.2) is 76.4 Å². The third-order valence-electron chi connectivity index (χ3n) is 8.03. The lowest BCUT2D eigenvalue weighted by Crippen LogP contribution is -2.45. The Morgan fingerprint density at radius 3 is 2.17 bits per heavy atom. The molecule has 1 aliphatic heterocycles. The number of benzene rings is 2. The number of nitrogens with zero attached hydrogens (tertiary/aromatic N) is 1. The average molecular weight is 561 g/mol. The molecule has 3 atom stereocenters. The van der Waals surface area contributed by atoms with Gasteiger partial charge in [0, 0.05) is 18.2 Å². The number of aromatic amines is 1. The topological polar surface area (TPSA) is 82.5 Å². The van der Waals surface area contributed by atoms with Crippen molar-refractivity contribution in [2.75, 3.05) is 6.61 Å². The fourth-order valence-corrected chi connectivity index (χ4v) is 7.61. The van der Waals surface area contributed by atoms with Crippen molar-refractivity contribution in [3.63, 3.8) is 0 Å². The molecule has 0 amide bonds. The van der Waals surface area contributed by atoms with E-state index in [-0.39, 0.29) is 6.61 Å². The van der Waals surface area contributed by atoms with Crippen LogP contribution in [0.1, 0.15) is 50.1 Å². The summed E-state index contributed by atoms with van der Waals surface area (Å²) in [6, 6.07) is 23.1. The van der Waals surface area contributed by atoms with E-state index < -0.39 is 37.3 Å². The first-order valence-electron chi connectivity index (χ1n) is 14.1. The first-order valence-corrected chi connectivity index (χ1v) is 16.8. The highest BCUT2D eigenvalue weighted by Crippen LogP contribution is 2.39. The molecule has 0 unspecified atom stereocenters. The number of ether oxygens (including phenoxy) is 3. The zero-order valence-corrected chi connectivity index (χ0v) is 24.9. The zero-order valence-electron chi connectivity index (χ0n) is 23.9. The Kier molecular flexibility index (Phi) is 9.98. The largest absolute Gasteiger partial charge is 0.373 e. The van der Waals surface area contributed by atoms with E-state index in [1.807, 2.05) is 60.7 Å². The van der Waals surface area contributed by atoms with Crippen LogP contribution in [-0.2, 0) is 27.4 Å². The van der Waals surface area contributed by atoms with Crippen molar-refractivity contribution in [2.24, 2.45) is 0 Å². The molecule has 1 aliphatic rings. The van der Waals surface area contributed by atoms with Crippen LogP contribution < -0.4 is 11.2 Å². The molecule has 2 heterocycles. The van der Waals surface area contributed by atoms with Gasteiger partial charge in [-0.3, -0.25) is 14.3 Å². The third kappa shape index (κ3) is 6.91. The molecule has 1 aromatic heterocycles. The van der Waals surface area contributed by atoms with Crippen molar-refractivity contribution in [1.82, 2.24) is 9.55 Å². The number of rotatable bonds is 11. The van der Waals surface area contributed by atoms with Crippen LogP contribution in [0.5, 0.6) is 0 Å². The summed E-state index contributed by atoms with van der Waals surface area (Å²) >= 11 is 0. The Bertz CT molecular complexity index is 1410. The van der Waals surface area contributed by atoms with Crippen LogP contribution >= 0.6 is 0 Å². The number of H-pyrrole nitrogens is 1. The van der Waals surface area contributed by atoms with Gasteiger partial charge >= 0.3 is 5.69 Å². The van der Waals surface area contributed by atoms with Gasteiger partial charge in [0.25, 0.3) is 5.56 Å². The summed E-state index contributed by atoms with van der Waals surface area (Å²) in [6.45, 7) is 9.29. The van der Waals surface area contributed by atoms with Crippen LogP contribution in [0.2, 0.25) is 18.1 Å². The van der Waals surface area contributed by atoms with E-state index in [0.29, 0.717) is 25.2 Å². The molecule has 3 aromatic rings. The van der Waals surface area contributed by atoms with Crippen molar-refractivity contribution in [2.45, 2.75) is 83.4 Å². The Balaban J connectivity index is 1.73. The molecule has 7 nitrogen and oxygen atoms in total. The van der Waals surface area contributed by atoms with Gasteiger partial charge in [0.15, 0.2) is 5.60 Å². The van der Waals surface area contributed by atoms with Crippen LogP contribution in [0.3, 0.4) is 0 Å². The van der Waals surface area contributed by atoms with Gasteiger partial charge in [-0.1, -0.05) is 87.4 Å². The van der Waals surface area contributed by atoms with E-state index in [1.54, 1.807) is 13.1 Å². The van der Waals surface area contributed by atoms with Gasteiger partial charge in [-0.2, -0.15) is 0 Å². The molecule has 0 radical (unpaired) electrons. The van der Waals surface area contributed by atoms with Crippen LogP contribution in [0.25, 0.3) is 0 Å². The average Bonchev–Trinajstić information content (AvgIpc) is 3.34. The maximum Gasteiger partial charge on any atom is 0.330 e. The summed E-state index contributed by atoms with van der Waals surface area (Å²) in [4.78, 5) is 27.3. The lowest BCUT2D eigenvalue weighted by Gasteiger charge is -2.31. The summed E-state index contributed by atoms with van der Waals surface area (Å²) in [5.41, 5.74) is 4.22. The Labute approximate surface area is 237 Å². The fourth-order valence-electron chi connectivity index (χ4n) is 5.11. The normalized spacial score (nSPS) is 20.7. The van der Waals surface area contributed by atoms with E-state index in [9.17, 15) is 9.59 Å². The smallest absolute Gasteiger partial charge is 0.330 e. The molecule has 0 aliphatic carbocycles. The molecule has 0 saturated carbocycles. The van der Waals surface area contributed by atoms with Gasteiger partial charge in [-0.25, -0.2) is 4.79 Å². The molecule has 0 spiro atoms. The molecule has 40 heavy (non-hydrogen) atoms. The minimum atomic E-state index is -1.85. The van der Waals surface area contributed by atoms with Gasteiger partial charge in [0.2, 0.25) is 0 Å². The van der Waals surface area contributed by atoms with Gasteiger partial charge in [-0.15, -0.1) is 5.54 Å². The second-order valence-corrected chi connectivity index (χ2v) is 15.5. The number of nitrogens with one attached hydrogen (secondary N) is 1. The highest BCUT2D eigenvalue weighted by Gasteiger charge is 2.50. The molecule has 212 valence electrons. The molecule has 1 N–H and O–H groups in total. The van der Waals surface area contributed by atoms with Crippen LogP contribution in [-0.4, -0.2) is 35.9 Å². The SMILES string of the molecule is CC[Si](C#C[C@]1(COCc2ccccc2)O[C@@H](n2cc(C)c(=O)[nH]c2=O)C[C@@H]1OCc1ccccc1)(CC)CC. The van der Waals surface area contributed by atoms with Crippen LogP contribution in [0.4, 0.5) is 0 Å². The predicted molar refractivity (Wildman–Crippen MR) is 160 cm³/mol. The monoisotopic (exact) mass is 560 g/mol. The molecular formula is C32H40N2O5Si. The maximum absolute atomic E-state index is 12.9. The second kappa shape index (κ2) is 13.4. The molecule has 1 fully saturated rings. The van der Waals surface area contributed by atoms with Gasteiger partial charge in [-0.05, 0) is 36.2 Å². The van der Waals surface area contributed by atoms with E-state index in [0.717, 1.165) is 29.3 Å². The highest BCUT2D eigenvalue weighted by molar-refractivity contribution is 6.87. The molecule has 8 heteroatoms. The van der Waals surface area contributed by atoms with Crippen molar-refractivity contribution in [3.05, 3.63) is 104 Å². The lowest BCUT2D eigenvalue weighted by atomic mass is 9.98. The quantitative estimate of drug-likeness (QED) is 0.252. The summed E-state index contributed by atoms with van der Waals surface area (Å²) in [6.07, 6.45) is 0.815. The minimum absolute atomic E-state index is 0.184. The van der Waals surface area contributed by atoms with Crippen LogP contribution in [0, 0.1) is 18.4 Å². The van der Waals surface area contributed by atoms with Gasteiger partial charge in [0.1, 0.15) is 20.4 Å². The predicted octanol–water partition coefficient (Wildman–Crippen LogP) is 5.36. The second-order valence-electron chi connectivity index (χ2n) is 10.5. The number of aromatic nitrogens is 2. The Morgan fingerprint density at radius 1 is 0.975 bits per heavy atom. The van der Waals surface area contributed by atoms with Crippen molar-refractivity contribution in [3.8, 4) is 11.5 Å². The van der Waals surface area contributed by atoms with E-state index in [1.165, 1.54) is 4.57 Å². The number of aryl methyl sites for hydroxylation is 1.